The minimum Gasteiger partial charge on any atom is -0.497 e. The number of hydrogen-bond donors (Lipinski definition) is 1. The Hall–Kier alpha value is -3.39. The van der Waals surface area contributed by atoms with E-state index >= 15 is 0 Å². The average molecular weight is 440 g/mol. The molecule has 8 heteroatoms. The van der Waals surface area contributed by atoms with Crippen LogP contribution in [0.15, 0.2) is 48.0 Å². The fourth-order valence-electron chi connectivity index (χ4n) is 3.38. The van der Waals surface area contributed by atoms with Gasteiger partial charge in [-0.15, -0.1) is 0 Å². The van der Waals surface area contributed by atoms with Crippen LogP contribution in [0, 0.1) is 0 Å². The lowest BCUT2D eigenvalue weighted by Gasteiger charge is -2.29. The molecule has 0 aromatic heterocycles. The van der Waals surface area contributed by atoms with E-state index in [4.69, 9.17) is 21.7 Å². The van der Waals surface area contributed by atoms with Crippen molar-refractivity contribution in [3.8, 4) is 11.5 Å². The van der Waals surface area contributed by atoms with Crippen LogP contribution < -0.4 is 24.6 Å². The molecule has 0 atom stereocenters. The zero-order valence-corrected chi connectivity index (χ0v) is 18.8. The van der Waals surface area contributed by atoms with Crippen molar-refractivity contribution in [2.75, 3.05) is 37.1 Å². The molecule has 2 aromatic carbocycles. The maximum absolute atomic E-state index is 13.2. The Labute approximate surface area is 187 Å². The van der Waals surface area contributed by atoms with Gasteiger partial charge in [0.05, 0.1) is 19.9 Å². The molecule has 3 rings (SSSR count). The largest absolute Gasteiger partial charge is 0.497 e. The highest BCUT2D eigenvalue weighted by molar-refractivity contribution is 7.80. The van der Waals surface area contributed by atoms with E-state index < -0.39 is 11.8 Å². The summed E-state index contributed by atoms with van der Waals surface area (Å²) in [5.41, 5.74) is 2.13. The minimum absolute atomic E-state index is 0.0289. The standard InChI is InChI=1S/C23H25N3O4S/c1-5-25(6-2)17-8-7-15(20(14-17)30-4)13-19-21(27)24-23(31)26(22(19)28)16-9-11-18(29-3)12-10-16/h7-14H,5-6H2,1-4H3,(H,24,27,31)/b19-13-. The third-order valence-corrected chi connectivity index (χ3v) is 5.36. The Morgan fingerprint density at radius 1 is 1.03 bits per heavy atom. The van der Waals surface area contributed by atoms with Crippen LogP contribution >= 0.6 is 12.2 Å². The Kier molecular flexibility index (Phi) is 6.91. The number of rotatable bonds is 7. The van der Waals surface area contributed by atoms with Crippen LogP contribution in [0.5, 0.6) is 11.5 Å². The van der Waals surface area contributed by atoms with Crippen LogP contribution in [0.2, 0.25) is 0 Å². The van der Waals surface area contributed by atoms with Crippen molar-refractivity contribution in [3.05, 3.63) is 53.6 Å². The molecule has 1 heterocycles. The molecule has 1 aliphatic rings. The predicted octanol–water partition coefficient (Wildman–Crippen LogP) is 3.38. The zero-order valence-electron chi connectivity index (χ0n) is 18.0. The second-order valence-corrected chi connectivity index (χ2v) is 7.14. The number of methoxy groups -OCH3 is 2. The van der Waals surface area contributed by atoms with Crippen molar-refractivity contribution >= 4 is 46.6 Å². The first kappa shape index (κ1) is 22.3. The Morgan fingerprint density at radius 2 is 1.71 bits per heavy atom. The van der Waals surface area contributed by atoms with E-state index in [0.717, 1.165) is 18.8 Å². The molecular formula is C23H25N3O4S. The number of anilines is 2. The third-order valence-electron chi connectivity index (χ3n) is 5.08. The lowest BCUT2D eigenvalue weighted by atomic mass is 10.1. The summed E-state index contributed by atoms with van der Waals surface area (Å²) >= 11 is 5.25. The second-order valence-electron chi connectivity index (χ2n) is 6.75. The van der Waals surface area contributed by atoms with Gasteiger partial charge in [-0.05, 0) is 68.5 Å². The molecule has 0 saturated carbocycles. The zero-order chi connectivity index (χ0) is 22.5. The summed E-state index contributed by atoms with van der Waals surface area (Å²) in [6.45, 7) is 5.87. The van der Waals surface area contributed by atoms with Gasteiger partial charge in [-0.3, -0.25) is 19.8 Å². The smallest absolute Gasteiger partial charge is 0.270 e. The number of carbonyl (C=O) groups is 2. The number of nitrogens with zero attached hydrogens (tertiary/aromatic N) is 2. The molecule has 1 aliphatic heterocycles. The Bertz CT molecular complexity index is 1030. The minimum atomic E-state index is -0.547. The van der Waals surface area contributed by atoms with Crippen molar-refractivity contribution < 1.29 is 19.1 Å². The van der Waals surface area contributed by atoms with E-state index in [2.05, 4.69) is 24.1 Å². The fraction of sp³-hybridized carbons (Fsp3) is 0.261. The van der Waals surface area contributed by atoms with Crippen LogP contribution in [-0.2, 0) is 9.59 Å². The Balaban J connectivity index is 1.99. The van der Waals surface area contributed by atoms with Crippen LogP contribution in [0.1, 0.15) is 19.4 Å². The van der Waals surface area contributed by atoms with Crippen LogP contribution in [-0.4, -0.2) is 44.2 Å². The van der Waals surface area contributed by atoms with Gasteiger partial charge in [0.1, 0.15) is 17.1 Å². The molecule has 2 amide bonds. The summed E-state index contributed by atoms with van der Waals surface area (Å²) in [4.78, 5) is 29.3. The van der Waals surface area contributed by atoms with Crippen LogP contribution in [0.4, 0.5) is 11.4 Å². The highest BCUT2D eigenvalue weighted by Gasteiger charge is 2.34. The number of benzene rings is 2. The second kappa shape index (κ2) is 9.61. The van der Waals surface area contributed by atoms with Gasteiger partial charge in [0.15, 0.2) is 5.11 Å². The normalized spacial score (nSPS) is 15.2. The summed E-state index contributed by atoms with van der Waals surface area (Å²) in [6.07, 6.45) is 1.53. The molecule has 7 nitrogen and oxygen atoms in total. The highest BCUT2D eigenvalue weighted by Crippen LogP contribution is 2.29. The molecule has 0 aliphatic carbocycles. The Morgan fingerprint density at radius 3 is 2.29 bits per heavy atom. The molecule has 0 spiro atoms. The number of nitrogens with one attached hydrogen (secondary N) is 1. The number of thiocarbonyl (C=S) groups is 1. The molecular weight excluding hydrogens is 414 g/mol. The van der Waals surface area contributed by atoms with Crippen molar-refractivity contribution in [3.63, 3.8) is 0 Å². The summed E-state index contributed by atoms with van der Waals surface area (Å²) in [5.74, 6) is 0.169. The maximum atomic E-state index is 13.2. The maximum Gasteiger partial charge on any atom is 0.270 e. The number of amides is 2. The van der Waals surface area contributed by atoms with Gasteiger partial charge >= 0.3 is 0 Å². The fourth-order valence-corrected chi connectivity index (χ4v) is 3.66. The summed E-state index contributed by atoms with van der Waals surface area (Å²) in [5, 5.41) is 2.62. The highest BCUT2D eigenvalue weighted by atomic mass is 32.1. The number of ether oxygens (including phenoxy) is 2. The molecule has 162 valence electrons. The average Bonchev–Trinajstić information content (AvgIpc) is 2.78. The first-order valence-corrected chi connectivity index (χ1v) is 10.3. The van der Waals surface area contributed by atoms with Gasteiger partial charge in [0, 0.05) is 30.4 Å². The van der Waals surface area contributed by atoms with Crippen molar-refractivity contribution in [1.82, 2.24) is 5.32 Å². The molecule has 0 unspecified atom stereocenters. The lowest BCUT2D eigenvalue weighted by molar-refractivity contribution is -0.122. The van der Waals surface area contributed by atoms with Crippen molar-refractivity contribution in [2.24, 2.45) is 0 Å². The summed E-state index contributed by atoms with van der Waals surface area (Å²) in [7, 11) is 3.12. The SMILES string of the molecule is CCN(CC)c1ccc(/C=C2/C(=O)NC(=S)N(c3ccc(OC)cc3)C2=O)c(OC)c1. The van der Waals surface area contributed by atoms with E-state index in [1.807, 2.05) is 18.2 Å². The van der Waals surface area contributed by atoms with Gasteiger partial charge in [-0.25, -0.2) is 0 Å². The van der Waals surface area contributed by atoms with E-state index in [1.54, 1.807) is 38.5 Å². The number of hydrogen-bond acceptors (Lipinski definition) is 6. The number of carbonyl (C=O) groups excluding carboxylic acids is 2. The van der Waals surface area contributed by atoms with Gasteiger partial charge in [0.2, 0.25) is 0 Å². The predicted molar refractivity (Wildman–Crippen MR) is 126 cm³/mol. The molecule has 1 N–H and O–H groups in total. The molecule has 0 bridgehead atoms. The van der Waals surface area contributed by atoms with Gasteiger partial charge in [0.25, 0.3) is 11.8 Å². The topological polar surface area (TPSA) is 71.1 Å². The summed E-state index contributed by atoms with van der Waals surface area (Å²) < 4.78 is 10.7. The molecule has 31 heavy (non-hydrogen) atoms. The molecule has 1 saturated heterocycles. The van der Waals surface area contributed by atoms with Crippen molar-refractivity contribution in [1.29, 1.82) is 0 Å². The van der Waals surface area contributed by atoms with E-state index in [0.29, 0.717) is 22.7 Å². The van der Waals surface area contributed by atoms with Crippen LogP contribution in [0.25, 0.3) is 6.08 Å². The van der Waals surface area contributed by atoms with E-state index in [1.165, 1.54) is 11.0 Å². The monoisotopic (exact) mass is 439 g/mol. The van der Waals surface area contributed by atoms with Crippen LogP contribution in [0.3, 0.4) is 0 Å². The summed E-state index contributed by atoms with van der Waals surface area (Å²) in [6, 6.07) is 12.5. The molecule has 1 fully saturated rings. The van der Waals surface area contributed by atoms with E-state index in [-0.39, 0.29) is 10.7 Å². The van der Waals surface area contributed by atoms with Gasteiger partial charge in [-0.1, -0.05) is 0 Å². The third kappa shape index (κ3) is 4.54. The van der Waals surface area contributed by atoms with E-state index in [9.17, 15) is 9.59 Å². The first-order valence-electron chi connectivity index (χ1n) is 9.91. The quantitative estimate of drug-likeness (QED) is 0.405. The lowest BCUT2D eigenvalue weighted by Crippen LogP contribution is -2.54. The first-order chi connectivity index (χ1) is 14.9. The van der Waals surface area contributed by atoms with Gasteiger partial charge < -0.3 is 14.4 Å². The van der Waals surface area contributed by atoms with Gasteiger partial charge in [-0.2, -0.15) is 0 Å². The molecule has 0 radical (unpaired) electrons. The van der Waals surface area contributed by atoms with Crippen molar-refractivity contribution in [2.45, 2.75) is 13.8 Å². The molecule has 2 aromatic rings.